The molecule has 0 aliphatic rings. The van der Waals surface area contributed by atoms with E-state index in [4.69, 9.17) is 0 Å². The highest BCUT2D eigenvalue weighted by Crippen LogP contribution is 2.12. The number of benzene rings is 2. The maximum absolute atomic E-state index is 12.0. The van der Waals surface area contributed by atoms with Gasteiger partial charge in [-0.3, -0.25) is 4.79 Å². The Morgan fingerprint density at radius 1 is 1.09 bits per heavy atom. The van der Waals surface area contributed by atoms with Crippen LogP contribution in [0.15, 0.2) is 54.6 Å². The molecular weight excluding hydrogens is 292 g/mol. The molecule has 120 valence electrons. The molecule has 5 nitrogen and oxygen atoms in total. The Balaban J connectivity index is 1.89. The van der Waals surface area contributed by atoms with Gasteiger partial charge in [0.05, 0.1) is 19.2 Å². The number of esters is 1. The number of rotatable bonds is 6. The minimum atomic E-state index is -0.433. The van der Waals surface area contributed by atoms with Crippen LogP contribution in [-0.4, -0.2) is 25.5 Å². The van der Waals surface area contributed by atoms with E-state index in [0.29, 0.717) is 11.3 Å². The van der Waals surface area contributed by atoms with Gasteiger partial charge in [0.15, 0.2) is 0 Å². The smallest absolute Gasteiger partial charge is 0.337 e. The van der Waals surface area contributed by atoms with Crippen LogP contribution in [0.4, 0.5) is 5.69 Å². The van der Waals surface area contributed by atoms with Gasteiger partial charge in [-0.2, -0.15) is 0 Å². The van der Waals surface area contributed by atoms with Crippen molar-refractivity contribution in [3.63, 3.8) is 0 Å². The van der Waals surface area contributed by atoms with Gasteiger partial charge >= 0.3 is 5.97 Å². The van der Waals surface area contributed by atoms with Gasteiger partial charge in [0, 0.05) is 11.7 Å². The topological polar surface area (TPSA) is 67.4 Å². The van der Waals surface area contributed by atoms with Crippen LogP contribution in [0.3, 0.4) is 0 Å². The zero-order valence-corrected chi connectivity index (χ0v) is 13.2. The number of hydrogen-bond donors (Lipinski definition) is 2. The lowest BCUT2D eigenvalue weighted by Crippen LogP contribution is -2.30. The average molecular weight is 312 g/mol. The maximum Gasteiger partial charge on any atom is 0.337 e. The molecule has 0 aromatic heterocycles. The van der Waals surface area contributed by atoms with Crippen molar-refractivity contribution in [3.05, 3.63) is 65.7 Å². The predicted molar refractivity (Wildman–Crippen MR) is 89.3 cm³/mol. The molecule has 2 rings (SSSR count). The molecule has 1 atom stereocenters. The summed E-state index contributed by atoms with van der Waals surface area (Å²) in [6, 6.07) is 16.6. The van der Waals surface area contributed by atoms with E-state index in [2.05, 4.69) is 15.4 Å². The van der Waals surface area contributed by atoms with Crippen molar-refractivity contribution in [2.24, 2.45) is 0 Å². The fourth-order valence-corrected chi connectivity index (χ4v) is 2.15. The average Bonchev–Trinajstić information content (AvgIpc) is 2.60. The SMILES string of the molecule is COC(=O)c1cccc(NC(=O)CNC(C)c2ccccc2)c1. The third kappa shape index (κ3) is 4.93. The monoisotopic (exact) mass is 312 g/mol. The molecule has 1 amide bonds. The van der Waals surface area contributed by atoms with E-state index >= 15 is 0 Å². The fourth-order valence-electron chi connectivity index (χ4n) is 2.15. The molecule has 0 heterocycles. The minimum Gasteiger partial charge on any atom is -0.465 e. The second-order valence-electron chi connectivity index (χ2n) is 5.13. The van der Waals surface area contributed by atoms with Crippen molar-refractivity contribution < 1.29 is 14.3 Å². The second kappa shape index (κ2) is 8.10. The van der Waals surface area contributed by atoms with E-state index < -0.39 is 5.97 Å². The molecule has 0 spiro atoms. The quantitative estimate of drug-likeness (QED) is 0.805. The first kappa shape index (κ1) is 16.7. The second-order valence-corrected chi connectivity index (χ2v) is 5.13. The molecule has 2 aromatic carbocycles. The van der Waals surface area contributed by atoms with Gasteiger partial charge in [-0.1, -0.05) is 36.4 Å². The molecule has 0 saturated heterocycles. The Kier molecular flexibility index (Phi) is 5.88. The summed E-state index contributed by atoms with van der Waals surface area (Å²) in [7, 11) is 1.32. The minimum absolute atomic E-state index is 0.0725. The molecule has 2 N–H and O–H groups in total. The molecule has 0 radical (unpaired) electrons. The Hall–Kier alpha value is -2.66. The third-order valence-electron chi connectivity index (χ3n) is 3.44. The lowest BCUT2D eigenvalue weighted by molar-refractivity contribution is -0.115. The van der Waals surface area contributed by atoms with Crippen molar-refractivity contribution in [1.82, 2.24) is 5.32 Å². The molecular formula is C18H20N2O3. The summed E-state index contributed by atoms with van der Waals surface area (Å²) in [5, 5.41) is 5.92. The van der Waals surface area contributed by atoms with Crippen LogP contribution in [0, 0.1) is 0 Å². The van der Waals surface area contributed by atoms with Crippen LogP contribution < -0.4 is 10.6 Å². The number of anilines is 1. The van der Waals surface area contributed by atoms with E-state index in [1.807, 2.05) is 37.3 Å². The van der Waals surface area contributed by atoms with Crippen LogP contribution in [0.5, 0.6) is 0 Å². The fraction of sp³-hybridized carbons (Fsp3) is 0.222. The standard InChI is InChI=1S/C18H20N2O3/c1-13(14-7-4-3-5-8-14)19-12-17(21)20-16-10-6-9-15(11-16)18(22)23-2/h3-11,13,19H,12H2,1-2H3,(H,20,21). The van der Waals surface area contributed by atoms with Crippen LogP contribution in [0.25, 0.3) is 0 Å². The molecule has 0 fully saturated rings. The lowest BCUT2D eigenvalue weighted by atomic mass is 10.1. The number of carbonyl (C=O) groups excluding carboxylic acids is 2. The first-order chi connectivity index (χ1) is 11.1. The molecule has 0 bridgehead atoms. The summed E-state index contributed by atoms with van der Waals surface area (Å²) in [6.07, 6.45) is 0. The van der Waals surface area contributed by atoms with E-state index in [0.717, 1.165) is 5.56 Å². The molecule has 0 saturated carbocycles. The summed E-state index contributed by atoms with van der Waals surface area (Å²) in [5.41, 5.74) is 2.08. The van der Waals surface area contributed by atoms with Crippen LogP contribution in [0.2, 0.25) is 0 Å². The number of hydrogen-bond acceptors (Lipinski definition) is 4. The summed E-state index contributed by atoms with van der Waals surface area (Å²) in [4.78, 5) is 23.5. The van der Waals surface area contributed by atoms with Gasteiger partial charge in [0.25, 0.3) is 0 Å². The number of carbonyl (C=O) groups is 2. The van der Waals surface area contributed by atoms with Crippen molar-refractivity contribution in [3.8, 4) is 0 Å². The normalized spacial score (nSPS) is 11.6. The number of methoxy groups -OCH3 is 1. The third-order valence-corrected chi connectivity index (χ3v) is 3.44. The Morgan fingerprint density at radius 3 is 2.52 bits per heavy atom. The maximum atomic E-state index is 12.0. The highest BCUT2D eigenvalue weighted by molar-refractivity contribution is 5.95. The number of amides is 1. The zero-order valence-electron chi connectivity index (χ0n) is 13.2. The van der Waals surface area contributed by atoms with Gasteiger partial charge in [-0.25, -0.2) is 4.79 Å². The first-order valence-electron chi connectivity index (χ1n) is 7.36. The van der Waals surface area contributed by atoms with E-state index in [1.54, 1.807) is 24.3 Å². The highest BCUT2D eigenvalue weighted by Gasteiger charge is 2.09. The molecule has 23 heavy (non-hydrogen) atoms. The van der Waals surface area contributed by atoms with Crippen LogP contribution in [-0.2, 0) is 9.53 Å². The Labute approximate surface area is 135 Å². The van der Waals surface area contributed by atoms with Crippen molar-refractivity contribution in [2.45, 2.75) is 13.0 Å². The Bertz CT molecular complexity index is 671. The van der Waals surface area contributed by atoms with Crippen molar-refractivity contribution >= 4 is 17.6 Å². The first-order valence-corrected chi connectivity index (χ1v) is 7.36. The summed E-state index contributed by atoms with van der Waals surface area (Å²) < 4.78 is 4.66. The lowest BCUT2D eigenvalue weighted by Gasteiger charge is -2.14. The largest absolute Gasteiger partial charge is 0.465 e. The van der Waals surface area contributed by atoms with Crippen molar-refractivity contribution in [1.29, 1.82) is 0 Å². The van der Waals surface area contributed by atoms with Gasteiger partial charge in [0.2, 0.25) is 5.91 Å². The van der Waals surface area contributed by atoms with Gasteiger partial charge in [0.1, 0.15) is 0 Å². The van der Waals surface area contributed by atoms with E-state index in [1.165, 1.54) is 7.11 Å². The Morgan fingerprint density at radius 2 is 1.83 bits per heavy atom. The number of nitrogens with one attached hydrogen (secondary N) is 2. The summed E-state index contributed by atoms with van der Waals surface area (Å²) >= 11 is 0. The number of ether oxygens (including phenoxy) is 1. The zero-order chi connectivity index (χ0) is 16.7. The molecule has 2 aromatic rings. The van der Waals surface area contributed by atoms with E-state index in [-0.39, 0.29) is 18.5 Å². The predicted octanol–water partition coefficient (Wildman–Crippen LogP) is 2.76. The van der Waals surface area contributed by atoms with Crippen LogP contribution in [0.1, 0.15) is 28.9 Å². The van der Waals surface area contributed by atoms with Gasteiger partial charge in [-0.15, -0.1) is 0 Å². The highest BCUT2D eigenvalue weighted by atomic mass is 16.5. The van der Waals surface area contributed by atoms with Gasteiger partial charge < -0.3 is 15.4 Å². The van der Waals surface area contributed by atoms with Crippen LogP contribution >= 0.6 is 0 Å². The molecule has 1 unspecified atom stereocenters. The molecule has 0 aliphatic carbocycles. The van der Waals surface area contributed by atoms with Gasteiger partial charge in [-0.05, 0) is 30.7 Å². The molecule has 5 heteroatoms. The van der Waals surface area contributed by atoms with E-state index in [9.17, 15) is 9.59 Å². The van der Waals surface area contributed by atoms with Crippen molar-refractivity contribution in [2.75, 3.05) is 19.0 Å². The summed E-state index contributed by atoms with van der Waals surface area (Å²) in [5.74, 6) is -0.605. The summed E-state index contributed by atoms with van der Waals surface area (Å²) in [6.45, 7) is 2.18. The molecule has 0 aliphatic heterocycles.